The zero-order chi connectivity index (χ0) is 19.5. The minimum absolute atomic E-state index is 0.0126. The zero-order valence-corrected chi connectivity index (χ0v) is 16.4. The van der Waals surface area contributed by atoms with Crippen LogP contribution in [0.1, 0.15) is 33.3 Å². The Balaban J connectivity index is 1.89. The van der Waals surface area contributed by atoms with Crippen molar-refractivity contribution in [2.24, 2.45) is 0 Å². The van der Waals surface area contributed by atoms with E-state index in [0.29, 0.717) is 12.1 Å². The number of carbonyl (C=O) groups excluding carboxylic acids is 2. The molecule has 0 bridgehead atoms. The van der Waals surface area contributed by atoms with E-state index >= 15 is 0 Å². The second-order valence-corrected chi connectivity index (χ2v) is 7.91. The van der Waals surface area contributed by atoms with Crippen LogP contribution in [0.2, 0.25) is 5.02 Å². The van der Waals surface area contributed by atoms with Gasteiger partial charge in [-0.05, 0) is 45.4 Å². The Hall–Kier alpha value is -1.50. The van der Waals surface area contributed by atoms with Gasteiger partial charge in [-0.25, -0.2) is 4.39 Å². The van der Waals surface area contributed by atoms with Gasteiger partial charge in [-0.3, -0.25) is 14.5 Å². The van der Waals surface area contributed by atoms with Crippen LogP contribution in [0.25, 0.3) is 0 Å². The maximum Gasteiger partial charge on any atom is 0.287 e. The summed E-state index contributed by atoms with van der Waals surface area (Å²) in [7, 11) is 0. The van der Waals surface area contributed by atoms with Crippen LogP contribution in [0, 0.1) is 5.82 Å². The molecule has 1 heterocycles. The standard InChI is InChI=1S/C19H26ClFN2O3/c1-12-9-23(10-13(2)26-12)19(3,4)11-22-18(25)17(24)8-14-5-6-15(20)16(21)7-14/h5-7,12-13H,8-11H2,1-4H3,(H,22,25). The van der Waals surface area contributed by atoms with Crippen LogP contribution in [0.5, 0.6) is 0 Å². The number of nitrogens with one attached hydrogen (secondary N) is 1. The smallest absolute Gasteiger partial charge is 0.287 e. The van der Waals surface area contributed by atoms with E-state index < -0.39 is 17.5 Å². The van der Waals surface area contributed by atoms with Crippen molar-refractivity contribution in [1.82, 2.24) is 10.2 Å². The molecule has 0 aromatic heterocycles. The molecule has 1 aliphatic heterocycles. The molecule has 1 aliphatic rings. The molecule has 1 aromatic rings. The maximum atomic E-state index is 13.4. The fraction of sp³-hybridized carbons (Fsp3) is 0.579. The number of amides is 1. The van der Waals surface area contributed by atoms with Gasteiger partial charge in [0.05, 0.1) is 17.2 Å². The third-order valence-corrected chi connectivity index (χ3v) is 4.87. The summed E-state index contributed by atoms with van der Waals surface area (Å²) in [5.74, 6) is -1.87. The molecule has 144 valence electrons. The molecular formula is C19H26ClFN2O3. The van der Waals surface area contributed by atoms with E-state index in [2.05, 4.69) is 10.2 Å². The molecule has 1 amide bonds. The summed E-state index contributed by atoms with van der Waals surface area (Å²) in [6.45, 7) is 9.97. The monoisotopic (exact) mass is 384 g/mol. The molecule has 5 nitrogen and oxygen atoms in total. The molecule has 2 atom stereocenters. The number of rotatable bonds is 6. The molecule has 2 rings (SSSR count). The van der Waals surface area contributed by atoms with Crippen molar-refractivity contribution in [3.63, 3.8) is 0 Å². The number of nitrogens with zero attached hydrogens (tertiary/aromatic N) is 1. The van der Waals surface area contributed by atoms with Gasteiger partial charge in [-0.2, -0.15) is 0 Å². The van der Waals surface area contributed by atoms with Gasteiger partial charge < -0.3 is 10.1 Å². The Bertz CT molecular complexity index is 671. The minimum atomic E-state index is -0.664. The third-order valence-electron chi connectivity index (χ3n) is 4.56. The average Bonchev–Trinajstić information content (AvgIpc) is 2.55. The van der Waals surface area contributed by atoms with Crippen molar-refractivity contribution < 1.29 is 18.7 Å². The lowest BCUT2D eigenvalue weighted by atomic mass is 9.99. The number of hydrogen-bond acceptors (Lipinski definition) is 4. The summed E-state index contributed by atoms with van der Waals surface area (Å²) in [4.78, 5) is 26.5. The largest absolute Gasteiger partial charge is 0.373 e. The SMILES string of the molecule is CC1CN(C(C)(C)CNC(=O)C(=O)Cc2ccc(Cl)c(F)c2)CC(C)O1. The Kier molecular flexibility index (Phi) is 6.77. The molecule has 0 radical (unpaired) electrons. The second-order valence-electron chi connectivity index (χ2n) is 7.51. The lowest BCUT2D eigenvalue weighted by Crippen LogP contribution is -2.59. The van der Waals surface area contributed by atoms with Crippen LogP contribution in [0.3, 0.4) is 0 Å². The number of halogens is 2. The first-order valence-electron chi connectivity index (χ1n) is 8.74. The quantitative estimate of drug-likeness (QED) is 0.766. The van der Waals surface area contributed by atoms with Gasteiger partial charge >= 0.3 is 0 Å². The van der Waals surface area contributed by atoms with E-state index in [1.165, 1.54) is 18.2 Å². The Morgan fingerprint density at radius 1 is 1.31 bits per heavy atom. The maximum absolute atomic E-state index is 13.4. The number of ether oxygens (including phenoxy) is 1. The topological polar surface area (TPSA) is 58.6 Å². The minimum Gasteiger partial charge on any atom is -0.373 e. The van der Waals surface area contributed by atoms with Crippen molar-refractivity contribution in [1.29, 1.82) is 0 Å². The van der Waals surface area contributed by atoms with Gasteiger partial charge in [-0.15, -0.1) is 0 Å². The van der Waals surface area contributed by atoms with E-state index in [1.807, 2.05) is 27.7 Å². The fourth-order valence-corrected chi connectivity index (χ4v) is 3.21. The summed E-state index contributed by atoms with van der Waals surface area (Å²) in [6.07, 6.45) is 0.0803. The molecule has 26 heavy (non-hydrogen) atoms. The molecule has 1 saturated heterocycles. The van der Waals surface area contributed by atoms with Crippen LogP contribution in [-0.2, 0) is 20.7 Å². The Morgan fingerprint density at radius 3 is 2.50 bits per heavy atom. The van der Waals surface area contributed by atoms with E-state index in [0.717, 1.165) is 13.1 Å². The first-order chi connectivity index (χ1) is 12.1. The molecular weight excluding hydrogens is 359 g/mol. The normalized spacial score (nSPS) is 21.5. The highest BCUT2D eigenvalue weighted by Crippen LogP contribution is 2.21. The average molecular weight is 385 g/mol. The molecule has 1 N–H and O–H groups in total. The van der Waals surface area contributed by atoms with Gasteiger partial charge in [-0.1, -0.05) is 17.7 Å². The Morgan fingerprint density at radius 2 is 1.92 bits per heavy atom. The second kappa shape index (κ2) is 8.46. The summed E-state index contributed by atoms with van der Waals surface area (Å²) in [5, 5.41) is 2.69. The first-order valence-corrected chi connectivity index (χ1v) is 9.12. The third kappa shape index (κ3) is 5.50. The number of morpholine rings is 1. The van der Waals surface area contributed by atoms with Crippen molar-refractivity contribution >= 4 is 23.3 Å². The van der Waals surface area contributed by atoms with E-state index in [9.17, 15) is 14.0 Å². The number of ketones is 1. The van der Waals surface area contributed by atoms with Crippen molar-refractivity contribution in [2.45, 2.75) is 51.9 Å². The molecule has 0 aliphatic carbocycles. The van der Waals surface area contributed by atoms with Crippen molar-refractivity contribution in [3.8, 4) is 0 Å². The predicted molar refractivity (Wildman–Crippen MR) is 98.8 cm³/mol. The lowest BCUT2D eigenvalue weighted by molar-refractivity contribution is -0.138. The number of benzene rings is 1. The number of Topliss-reactive ketones (excluding diaryl/α,β-unsaturated/α-hetero) is 1. The highest BCUT2D eigenvalue weighted by atomic mass is 35.5. The fourth-order valence-electron chi connectivity index (χ4n) is 3.09. The highest BCUT2D eigenvalue weighted by Gasteiger charge is 2.33. The van der Waals surface area contributed by atoms with Gasteiger partial charge in [0.15, 0.2) is 0 Å². The summed E-state index contributed by atoms with van der Waals surface area (Å²) in [5.41, 5.74) is 0.108. The summed E-state index contributed by atoms with van der Waals surface area (Å²) < 4.78 is 19.2. The van der Waals surface area contributed by atoms with Crippen LogP contribution in [0.4, 0.5) is 4.39 Å². The molecule has 1 aromatic carbocycles. The van der Waals surface area contributed by atoms with Crippen LogP contribution < -0.4 is 5.32 Å². The van der Waals surface area contributed by atoms with E-state index in [-0.39, 0.29) is 29.2 Å². The van der Waals surface area contributed by atoms with Crippen LogP contribution in [0.15, 0.2) is 18.2 Å². The zero-order valence-electron chi connectivity index (χ0n) is 15.6. The van der Waals surface area contributed by atoms with Crippen LogP contribution >= 0.6 is 11.6 Å². The van der Waals surface area contributed by atoms with Crippen molar-refractivity contribution in [2.75, 3.05) is 19.6 Å². The summed E-state index contributed by atoms with van der Waals surface area (Å²) in [6, 6.07) is 4.09. The van der Waals surface area contributed by atoms with Gasteiger partial charge in [0.1, 0.15) is 5.82 Å². The molecule has 1 fully saturated rings. The van der Waals surface area contributed by atoms with Crippen molar-refractivity contribution in [3.05, 3.63) is 34.6 Å². The molecule has 2 unspecified atom stereocenters. The summed E-state index contributed by atoms with van der Waals surface area (Å²) >= 11 is 5.62. The van der Waals surface area contributed by atoms with Gasteiger partial charge in [0.25, 0.3) is 5.91 Å². The number of hydrogen-bond donors (Lipinski definition) is 1. The Labute approximate surface area is 158 Å². The molecule has 0 saturated carbocycles. The van der Waals surface area contributed by atoms with Gasteiger partial charge in [0.2, 0.25) is 5.78 Å². The van der Waals surface area contributed by atoms with E-state index in [4.69, 9.17) is 16.3 Å². The lowest BCUT2D eigenvalue weighted by Gasteiger charge is -2.45. The predicted octanol–water partition coefficient (Wildman–Crippen LogP) is 2.59. The highest BCUT2D eigenvalue weighted by molar-refractivity contribution is 6.36. The van der Waals surface area contributed by atoms with Crippen LogP contribution in [-0.4, -0.2) is 54.0 Å². The first kappa shape index (κ1) is 20.8. The number of carbonyl (C=O) groups is 2. The molecule has 7 heteroatoms. The van der Waals surface area contributed by atoms with E-state index in [1.54, 1.807) is 0 Å². The molecule has 0 spiro atoms. The van der Waals surface area contributed by atoms with Gasteiger partial charge in [0, 0.05) is 31.6 Å².